The number of hydrogen-bond acceptors (Lipinski definition) is 4. The Balaban J connectivity index is 2.14. The molecule has 21 heavy (non-hydrogen) atoms. The summed E-state index contributed by atoms with van der Waals surface area (Å²) in [4.78, 5) is 30.6. The molecule has 0 aromatic carbocycles. The average Bonchev–Trinajstić information content (AvgIpc) is 2.49. The van der Waals surface area contributed by atoms with Gasteiger partial charge >= 0.3 is 0 Å². The van der Waals surface area contributed by atoms with Crippen LogP contribution in [0.2, 0.25) is 0 Å². The molecule has 0 radical (unpaired) electrons. The van der Waals surface area contributed by atoms with E-state index in [1.165, 1.54) is 11.8 Å². The minimum Gasteiger partial charge on any atom is -0.356 e. The number of carbonyl (C=O) groups excluding carboxylic acids is 2. The first-order chi connectivity index (χ1) is 10.2. The molecule has 0 spiro atoms. The van der Waals surface area contributed by atoms with Crippen molar-refractivity contribution in [3.63, 3.8) is 0 Å². The zero-order valence-electron chi connectivity index (χ0n) is 12.5. The first-order valence-electron chi connectivity index (χ1n) is 7.37. The monoisotopic (exact) mass is 307 g/mol. The van der Waals surface area contributed by atoms with Crippen LogP contribution < -0.4 is 10.2 Å². The van der Waals surface area contributed by atoms with Gasteiger partial charge in [-0.25, -0.2) is 4.98 Å². The van der Waals surface area contributed by atoms with Crippen molar-refractivity contribution in [3.8, 4) is 0 Å². The van der Waals surface area contributed by atoms with E-state index in [2.05, 4.69) is 10.3 Å². The summed E-state index contributed by atoms with van der Waals surface area (Å²) in [7, 11) is 0. The van der Waals surface area contributed by atoms with E-state index in [0.29, 0.717) is 13.1 Å². The predicted octanol–water partition coefficient (Wildman–Crippen LogP) is 2.22. The molecule has 1 aromatic heterocycles. The molecule has 1 N–H and O–H groups in total. The average molecular weight is 307 g/mol. The lowest BCUT2D eigenvalue weighted by atomic mass is 10.2. The summed E-state index contributed by atoms with van der Waals surface area (Å²) in [6.45, 7) is 5.35. The molecule has 0 bridgehead atoms. The van der Waals surface area contributed by atoms with Crippen LogP contribution in [0.4, 0.5) is 5.69 Å². The van der Waals surface area contributed by atoms with Gasteiger partial charge in [-0.15, -0.1) is 0 Å². The van der Waals surface area contributed by atoms with Gasteiger partial charge in [-0.05, 0) is 25.0 Å². The highest BCUT2D eigenvalue weighted by molar-refractivity contribution is 8.00. The molecular formula is C15H21N3O2S. The summed E-state index contributed by atoms with van der Waals surface area (Å²) in [5, 5.41) is 3.28. The standard InChI is InChI=1S/C15H21N3O2S/c1-3-7-16-13(19)10-12-15(20)18(9-4-2)11-6-5-8-17-14(11)21-12/h5-6,8,12H,3-4,7,9-10H2,1-2H3,(H,16,19)/t12-/m0/s1. The van der Waals surface area contributed by atoms with Crippen molar-refractivity contribution in [1.82, 2.24) is 10.3 Å². The fourth-order valence-electron chi connectivity index (χ4n) is 2.24. The molecule has 0 aliphatic carbocycles. The van der Waals surface area contributed by atoms with Gasteiger partial charge in [0.15, 0.2) is 0 Å². The molecule has 114 valence electrons. The molecule has 2 amide bonds. The Bertz CT molecular complexity index is 521. The van der Waals surface area contributed by atoms with E-state index >= 15 is 0 Å². The quantitative estimate of drug-likeness (QED) is 0.875. The second-order valence-corrected chi connectivity index (χ2v) is 6.17. The summed E-state index contributed by atoms with van der Waals surface area (Å²) in [5.41, 5.74) is 0.861. The van der Waals surface area contributed by atoms with Crippen molar-refractivity contribution in [2.24, 2.45) is 0 Å². The van der Waals surface area contributed by atoms with Crippen molar-refractivity contribution in [2.45, 2.75) is 43.4 Å². The van der Waals surface area contributed by atoms with Gasteiger partial charge in [-0.2, -0.15) is 0 Å². The SMILES string of the molecule is CCCNC(=O)C[C@@H]1Sc2ncccc2N(CCC)C1=O. The second-order valence-electron chi connectivity index (χ2n) is 4.98. The number of aromatic nitrogens is 1. The number of nitrogens with zero attached hydrogens (tertiary/aromatic N) is 2. The van der Waals surface area contributed by atoms with Gasteiger partial charge in [0.1, 0.15) is 5.03 Å². The number of carbonyl (C=O) groups is 2. The maximum atomic E-state index is 12.6. The number of hydrogen-bond donors (Lipinski definition) is 1. The maximum absolute atomic E-state index is 12.6. The zero-order valence-corrected chi connectivity index (χ0v) is 13.3. The van der Waals surface area contributed by atoms with Crippen LogP contribution in [-0.2, 0) is 9.59 Å². The highest BCUT2D eigenvalue weighted by Crippen LogP contribution is 2.38. The summed E-state index contributed by atoms with van der Waals surface area (Å²) >= 11 is 1.39. The molecule has 6 heteroatoms. The van der Waals surface area contributed by atoms with Crippen LogP contribution in [0.5, 0.6) is 0 Å². The molecule has 0 saturated carbocycles. The molecule has 2 heterocycles. The molecule has 1 aromatic rings. The largest absolute Gasteiger partial charge is 0.356 e. The number of anilines is 1. The number of rotatable bonds is 6. The number of thioether (sulfide) groups is 1. The van der Waals surface area contributed by atoms with Crippen LogP contribution in [0.1, 0.15) is 33.1 Å². The highest BCUT2D eigenvalue weighted by Gasteiger charge is 2.34. The first-order valence-corrected chi connectivity index (χ1v) is 8.25. The van der Waals surface area contributed by atoms with Crippen LogP contribution in [-0.4, -0.2) is 35.1 Å². The number of amides is 2. The van der Waals surface area contributed by atoms with Crippen molar-refractivity contribution in [2.75, 3.05) is 18.0 Å². The highest BCUT2D eigenvalue weighted by atomic mass is 32.2. The van der Waals surface area contributed by atoms with E-state index in [0.717, 1.165) is 23.6 Å². The molecule has 5 nitrogen and oxygen atoms in total. The third-order valence-electron chi connectivity index (χ3n) is 3.23. The Hall–Kier alpha value is -1.56. The fraction of sp³-hybridized carbons (Fsp3) is 0.533. The number of fused-ring (bicyclic) bond motifs is 1. The third-order valence-corrected chi connectivity index (χ3v) is 4.42. The van der Waals surface area contributed by atoms with Gasteiger partial charge in [0.05, 0.1) is 10.9 Å². The fourth-order valence-corrected chi connectivity index (χ4v) is 3.40. The minimum absolute atomic E-state index is 0.00833. The van der Waals surface area contributed by atoms with Crippen molar-refractivity contribution < 1.29 is 9.59 Å². The molecule has 0 fully saturated rings. The molecule has 0 saturated heterocycles. The third kappa shape index (κ3) is 3.75. The van der Waals surface area contributed by atoms with E-state index in [4.69, 9.17) is 0 Å². The van der Waals surface area contributed by atoms with Crippen LogP contribution >= 0.6 is 11.8 Å². The van der Waals surface area contributed by atoms with Crippen LogP contribution in [0.15, 0.2) is 23.4 Å². The topological polar surface area (TPSA) is 62.3 Å². The summed E-state index contributed by atoms with van der Waals surface area (Å²) in [5.74, 6) is -0.0625. The summed E-state index contributed by atoms with van der Waals surface area (Å²) < 4.78 is 0. The summed E-state index contributed by atoms with van der Waals surface area (Å²) in [6, 6.07) is 3.75. The molecule has 1 aliphatic rings. The van der Waals surface area contributed by atoms with Crippen molar-refractivity contribution in [1.29, 1.82) is 0 Å². The summed E-state index contributed by atoms with van der Waals surface area (Å²) in [6.07, 6.45) is 3.70. The van der Waals surface area contributed by atoms with E-state index in [1.807, 2.05) is 26.0 Å². The van der Waals surface area contributed by atoms with Gasteiger partial charge in [0.25, 0.3) is 0 Å². The lowest BCUT2D eigenvalue weighted by molar-refractivity contribution is -0.124. The molecule has 0 unspecified atom stereocenters. The number of pyridine rings is 1. The van der Waals surface area contributed by atoms with Crippen LogP contribution in [0.25, 0.3) is 0 Å². The van der Waals surface area contributed by atoms with E-state index in [-0.39, 0.29) is 23.5 Å². The van der Waals surface area contributed by atoms with E-state index in [1.54, 1.807) is 11.1 Å². The van der Waals surface area contributed by atoms with Gasteiger partial charge in [0, 0.05) is 25.7 Å². The van der Waals surface area contributed by atoms with Crippen molar-refractivity contribution >= 4 is 29.3 Å². The second kappa shape index (κ2) is 7.45. The lowest BCUT2D eigenvalue weighted by Gasteiger charge is -2.32. The Kier molecular flexibility index (Phi) is 5.61. The molecule has 1 atom stereocenters. The Morgan fingerprint density at radius 1 is 1.43 bits per heavy atom. The minimum atomic E-state index is -0.379. The predicted molar refractivity (Wildman–Crippen MR) is 84.4 cm³/mol. The van der Waals surface area contributed by atoms with Crippen LogP contribution in [0.3, 0.4) is 0 Å². The first kappa shape index (κ1) is 15.8. The van der Waals surface area contributed by atoms with Crippen LogP contribution in [0, 0.1) is 0 Å². The normalized spacial score (nSPS) is 17.5. The Morgan fingerprint density at radius 2 is 2.24 bits per heavy atom. The Labute approximate surface area is 129 Å². The zero-order chi connectivity index (χ0) is 15.2. The smallest absolute Gasteiger partial charge is 0.241 e. The van der Waals surface area contributed by atoms with Gasteiger partial charge in [-0.3, -0.25) is 9.59 Å². The molecular weight excluding hydrogens is 286 g/mol. The van der Waals surface area contributed by atoms with E-state index in [9.17, 15) is 9.59 Å². The molecule has 1 aliphatic heterocycles. The maximum Gasteiger partial charge on any atom is 0.241 e. The van der Waals surface area contributed by atoms with Gasteiger partial charge in [-0.1, -0.05) is 25.6 Å². The van der Waals surface area contributed by atoms with Gasteiger partial charge < -0.3 is 10.2 Å². The molecule has 2 rings (SSSR count). The Morgan fingerprint density at radius 3 is 2.95 bits per heavy atom. The van der Waals surface area contributed by atoms with Gasteiger partial charge in [0.2, 0.25) is 11.8 Å². The van der Waals surface area contributed by atoms with Crippen molar-refractivity contribution in [3.05, 3.63) is 18.3 Å². The number of nitrogens with one attached hydrogen (secondary N) is 1. The van der Waals surface area contributed by atoms with E-state index < -0.39 is 0 Å². The lowest BCUT2D eigenvalue weighted by Crippen LogP contribution is -2.43.